The Balaban J connectivity index is 3.07. The van der Waals surface area contributed by atoms with Gasteiger partial charge in [0.2, 0.25) is 8.32 Å². The first-order valence-electron chi connectivity index (χ1n) is 8.04. The lowest BCUT2D eigenvalue weighted by molar-refractivity contribution is -0.149. The SMILES string of the molecule is COC(=O)[C@H]1[C@H](C)CC(O[Si](C)(C)C(C)(C)C)=C[C@@H]1N(C)C. The third kappa shape index (κ3) is 4.13. The molecule has 128 valence electrons. The van der Waals surface area contributed by atoms with E-state index in [1.54, 1.807) is 0 Å². The quantitative estimate of drug-likeness (QED) is 0.583. The van der Waals surface area contributed by atoms with Gasteiger partial charge in [-0.05, 0) is 44.2 Å². The second kappa shape index (κ2) is 6.75. The molecular weight excluding hydrogens is 294 g/mol. The van der Waals surface area contributed by atoms with Gasteiger partial charge in [0.25, 0.3) is 0 Å². The molecule has 0 saturated carbocycles. The molecule has 0 aliphatic heterocycles. The van der Waals surface area contributed by atoms with E-state index in [1.165, 1.54) is 7.11 Å². The molecule has 0 amide bonds. The summed E-state index contributed by atoms with van der Waals surface area (Å²) in [4.78, 5) is 14.2. The average molecular weight is 328 g/mol. The topological polar surface area (TPSA) is 38.8 Å². The largest absolute Gasteiger partial charge is 0.547 e. The van der Waals surface area contributed by atoms with E-state index in [0.717, 1.165) is 12.2 Å². The lowest BCUT2D eigenvalue weighted by Crippen LogP contribution is -2.46. The Morgan fingerprint density at radius 3 is 2.27 bits per heavy atom. The second-order valence-corrected chi connectivity index (χ2v) is 12.9. The van der Waals surface area contributed by atoms with Crippen molar-refractivity contribution < 1.29 is 14.0 Å². The minimum Gasteiger partial charge on any atom is -0.547 e. The minimum absolute atomic E-state index is 0.0240. The van der Waals surface area contributed by atoms with Gasteiger partial charge in [-0.3, -0.25) is 4.79 Å². The van der Waals surface area contributed by atoms with Gasteiger partial charge in [0.1, 0.15) is 0 Å². The van der Waals surface area contributed by atoms with Gasteiger partial charge < -0.3 is 14.1 Å². The summed E-state index contributed by atoms with van der Waals surface area (Å²) >= 11 is 0. The highest BCUT2D eigenvalue weighted by Gasteiger charge is 2.43. The molecule has 3 atom stereocenters. The molecule has 0 aromatic rings. The number of carbonyl (C=O) groups excluding carboxylic acids is 1. The molecule has 0 radical (unpaired) electrons. The van der Waals surface area contributed by atoms with E-state index in [0.29, 0.717) is 0 Å². The van der Waals surface area contributed by atoms with Crippen molar-refractivity contribution in [3.63, 3.8) is 0 Å². The maximum absolute atomic E-state index is 12.1. The van der Waals surface area contributed by atoms with Gasteiger partial charge in [0, 0.05) is 12.5 Å². The Kier molecular flexibility index (Phi) is 5.90. The van der Waals surface area contributed by atoms with E-state index < -0.39 is 8.32 Å². The molecular formula is C17H33NO3Si. The zero-order chi connectivity index (χ0) is 17.3. The summed E-state index contributed by atoms with van der Waals surface area (Å²) in [5.74, 6) is 0.989. The van der Waals surface area contributed by atoms with Crippen LogP contribution in [0.5, 0.6) is 0 Å². The molecule has 0 aromatic heterocycles. The zero-order valence-electron chi connectivity index (χ0n) is 15.7. The number of hydrogen-bond acceptors (Lipinski definition) is 4. The van der Waals surface area contributed by atoms with Crippen molar-refractivity contribution in [1.29, 1.82) is 0 Å². The number of hydrogen-bond donors (Lipinski definition) is 0. The Bertz CT molecular complexity index is 438. The predicted octanol–water partition coefficient (Wildman–Crippen LogP) is 3.65. The molecule has 0 aromatic carbocycles. The van der Waals surface area contributed by atoms with Crippen molar-refractivity contribution >= 4 is 14.3 Å². The van der Waals surface area contributed by atoms with E-state index in [4.69, 9.17) is 9.16 Å². The first kappa shape index (κ1) is 19.2. The van der Waals surface area contributed by atoms with E-state index in [2.05, 4.69) is 51.8 Å². The van der Waals surface area contributed by atoms with E-state index in [9.17, 15) is 4.79 Å². The third-order valence-corrected chi connectivity index (χ3v) is 9.51. The van der Waals surface area contributed by atoms with Crippen LogP contribution in [0.15, 0.2) is 11.8 Å². The lowest BCUT2D eigenvalue weighted by Gasteiger charge is -2.42. The normalized spacial score (nSPS) is 26.6. The molecule has 0 heterocycles. The van der Waals surface area contributed by atoms with Gasteiger partial charge in [-0.2, -0.15) is 0 Å². The van der Waals surface area contributed by atoms with Crippen molar-refractivity contribution in [2.24, 2.45) is 11.8 Å². The van der Waals surface area contributed by atoms with Crippen molar-refractivity contribution in [3.8, 4) is 0 Å². The molecule has 1 aliphatic carbocycles. The summed E-state index contributed by atoms with van der Waals surface area (Å²) in [5.41, 5.74) is 0. The Labute approximate surface area is 137 Å². The fraction of sp³-hybridized carbons (Fsp3) is 0.824. The van der Waals surface area contributed by atoms with Gasteiger partial charge in [-0.1, -0.05) is 27.7 Å². The number of allylic oxidation sites excluding steroid dienone is 1. The van der Waals surface area contributed by atoms with Gasteiger partial charge in [0.15, 0.2) is 0 Å². The van der Waals surface area contributed by atoms with Crippen molar-refractivity contribution in [2.75, 3.05) is 21.2 Å². The summed E-state index contributed by atoms with van der Waals surface area (Å²) in [6.07, 6.45) is 2.93. The highest BCUT2D eigenvalue weighted by atomic mass is 28.4. The molecule has 1 aliphatic rings. The molecule has 0 bridgehead atoms. The maximum atomic E-state index is 12.1. The van der Waals surface area contributed by atoms with Crippen LogP contribution in [-0.4, -0.2) is 46.4 Å². The van der Waals surface area contributed by atoms with Crippen molar-refractivity contribution in [1.82, 2.24) is 4.90 Å². The number of ether oxygens (including phenoxy) is 1. The molecule has 1 rings (SSSR count). The van der Waals surface area contributed by atoms with Crippen LogP contribution in [0, 0.1) is 11.8 Å². The van der Waals surface area contributed by atoms with Crippen LogP contribution >= 0.6 is 0 Å². The second-order valence-electron chi connectivity index (χ2n) is 8.18. The molecule has 0 unspecified atom stereocenters. The van der Waals surface area contributed by atoms with Gasteiger partial charge in [-0.15, -0.1) is 0 Å². The van der Waals surface area contributed by atoms with E-state index >= 15 is 0 Å². The van der Waals surface area contributed by atoms with Crippen LogP contribution in [0.4, 0.5) is 0 Å². The summed E-state index contributed by atoms with van der Waals surface area (Å²) < 4.78 is 11.5. The monoisotopic (exact) mass is 327 g/mol. The third-order valence-electron chi connectivity index (χ3n) is 5.12. The summed E-state index contributed by atoms with van der Waals surface area (Å²) in [6, 6.07) is 0.0240. The maximum Gasteiger partial charge on any atom is 0.310 e. The Hall–Kier alpha value is -0.813. The first-order chi connectivity index (χ1) is 9.90. The fourth-order valence-electron chi connectivity index (χ4n) is 2.68. The summed E-state index contributed by atoms with van der Waals surface area (Å²) in [6.45, 7) is 13.4. The van der Waals surface area contributed by atoms with Crippen LogP contribution < -0.4 is 0 Å². The van der Waals surface area contributed by atoms with Gasteiger partial charge >= 0.3 is 5.97 Å². The van der Waals surface area contributed by atoms with Crippen LogP contribution in [0.2, 0.25) is 18.1 Å². The lowest BCUT2D eigenvalue weighted by atomic mass is 9.79. The highest BCUT2D eigenvalue weighted by molar-refractivity contribution is 6.74. The molecule has 4 nitrogen and oxygen atoms in total. The standard InChI is InChI=1S/C17H33NO3Si/c1-12-10-13(21-22(8,9)17(2,3)4)11-14(18(5)6)15(12)16(19)20-7/h11-12,14-15H,10H2,1-9H3/t12-,14+,15+/m1/s1. The smallest absolute Gasteiger partial charge is 0.310 e. The number of carbonyl (C=O) groups is 1. The Morgan fingerprint density at radius 1 is 1.32 bits per heavy atom. The number of esters is 1. The average Bonchev–Trinajstić information content (AvgIpc) is 2.35. The zero-order valence-corrected chi connectivity index (χ0v) is 16.7. The number of likely N-dealkylation sites (N-methyl/N-ethyl adjacent to an activating group) is 1. The van der Waals surface area contributed by atoms with E-state index in [1.807, 2.05) is 14.1 Å². The van der Waals surface area contributed by atoms with Gasteiger partial charge in [-0.25, -0.2) is 0 Å². The van der Waals surface area contributed by atoms with Crippen LogP contribution in [0.1, 0.15) is 34.1 Å². The number of methoxy groups -OCH3 is 1. The van der Waals surface area contributed by atoms with Crippen LogP contribution in [0.25, 0.3) is 0 Å². The van der Waals surface area contributed by atoms with Crippen molar-refractivity contribution in [3.05, 3.63) is 11.8 Å². The molecule has 5 heteroatoms. The molecule has 0 fully saturated rings. The molecule has 22 heavy (non-hydrogen) atoms. The van der Waals surface area contributed by atoms with Gasteiger partial charge in [0.05, 0.1) is 18.8 Å². The predicted molar refractivity (Wildman–Crippen MR) is 93.1 cm³/mol. The van der Waals surface area contributed by atoms with E-state index in [-0.39, 0.29) is 28.9 Å². The summed E-state index contributed by atoms with van der Waals surface area (Å²) in [5, 5.41) is 0.171. The summed E-state index contributed by atoms with van der Waals surface area (Å²) in [7, 11) is 3.62. The molecule has 0 spiro atoms. The molecule has 0 saturated heterocycles. The fourth-order valence-corrected chi connectivity index (χ4v) is 3.79. The number of rotatable bonds is 4. The number of nitrogens with zero attached hydrogens (tertiary/aromatic N) is 1. The molecule has 0 N–H and O–H groups in total. The van der Waals surface area contributed by atoms with Crippen molar-refractivity contribution in [2.45, 2.75) is 58.3 Å². The first-order valence-corrected chi connectivity index (χ1v) is 11.0. The highest BCUT2D eigenvalue weighted by Crippen LogP contribution is 2.41. The van der Waals surface area contributed by atoms with Crippen LogP contribution in [0.3, 0.4) is 0 Å². The Morgan fingerprint density at radius 2 is 1.86 bits per heavy atom. The van der Waals surface area contributed by atoms with Crippen LogP contribution in [-0.2, 0) is 14.0 Å². The minimum atomic E-state index is -1.85.